The third kappa shape index (κ3) is 2.81. The van der Waals surface area contributed by atoms with Crippen molar-refractivity contribution >= 4 is 5.97 Å². The van der Waals surface area contributed by atoms with E-state index in [1.807, 2.05) is 66.3 Å². The van der Waals surface area contributed by atoms with Crippen LogP contribution in [0, 0.1) is 6.92 Å². The van der Waals surface area contributed by atoms with Gasteiger partial charge in [-0.05, 0) is 49.2 Å². The lowest BCUT2D eigenvalue weighted by Crippen LogP contribution is -2.42. The zero-order valence-corrected chi connectivity index (χ0v) is 13.6. The Morgan fingerprint density at radius 1 is 1.17 bits per heavy atom. The second kappa shape index (κ2) is 5.94. The van der Waals surface area contributed by atoms with Crippen molar-refractivity contribution in [1.29, 1.82) is 0 Å². The fourth-order valence-electron chi connectivity index (χ4n) is 2.72. The van der Waals surface area contributed by atoms with Crippen LogP contribution >= 0.6 is 0 Å². The number of hydrogen-bond donors (Lipinski definition) is 2. The highest BCUT2D eigenvalue weighted by molar-refractivity contribution is 5.81. The molecule has 0 radical (unpaired) electrons. The molecule has 5 heteroatoms. The van der Waals surface area contributed by atoms with Crippen LogP contribution in [0.4, 0.5) is 0 Å². The smallest absolute Gasteiger partial charge is 0.328 e. The summed E-state index contributed by atoms with van der Waals surface area (Å²) in [4.78, 5) is 11.3. The SMILES string of the molecule is Cc1cc(-c2ccn(-c3ccccc3)n2)ccc1C(C)(N)C(=O)O. The Labute approximate surface area is 140 Å². The van der Waals surface area contributed by atoms with Crippen LogP contribution in [0.3, 0.4) is 0 Å². The molecule has 3 rings (SSSR count). The molecule has 24 heavy (non-hydrogen) atoms. The molecule has 1 aromatic heterocycles. The number of nitrogens with two attached hydrogens (primary N) is 1. The lowest BCUT2D eigenvalue weighted by molar-refractivity contribution is -0.143. The summed E-state index contributed by atoms with van der Waals surface area (Å²) in [5.41, 5.74) is 8.68. The van der Waals surface area contributed by atoms with Gasteiger partial charge in [-0.1, -0.05) is 30.3 Å². The van der Waals surface area contributed by atoms with Gasteiger partial charge in [-0.25, -0.2) is 9.48 Å². The first-order valence-electron chi connectivity index (χ1n) is 7.64. The normalized spacial score (nSPS) is 13.5. The molecule has 0 saturated carbocycles. The molecule has 1 unspecified atom stereocenters. The molecule has 0 amide bonds. The van der Waals surface area contributed by atoms with Gasteiger partial charge in [-0.3, -0.25) is 0 Å². The second-order valence-corrected chi connectivity index (χ2v) is 6.02. The Balaban J connectivity index is 1.96. The first-order chi connectivity index (χ1) is 11.4. The summed E-state index contributed by atoms with van der Waals surface area (Å²) in [6.07, 6.45) is 1.90. The molecule has 0 bridgehead atoms. The summed E-state index contributed by atoms with van der Waals surface area (Å²) in [5, 5.41) is 13.9. The van der Waals surface area contributed by atoms with E-state index in [0.29, 0.717) is 5.56 Å². The van der Waals surface area contributed by atoms with Crippen molar-refractivity contribution in [2.75, 3.05) is 0 Å². The molecule has 0 aliphatic rings. The minimum Gasteiger partial charge on any atom is -0.480 e. The number of carboxylic acid groups (broad SMARTS) is 1. The summed E-state index contributed by atoms with van der Waals surface area (Å²) < 4.78 is 1.81. The van der Waals surface area contributed by atoms with Crippen LogP contribution in [0.5, 0.6) is 0 Å². The number of rotatable bonds is 4. The summed E-state index contributed by atoms with van der Waals surface area (Å²) in [5.74, 6) is -1.05. The van der Waals surface area contributed by atoms with Gasteiger partial charge in [0, 0.05) is 11.8 Å². The lowest BCUT2D eigenvalue weighted by atomic mass is 9.88. The van der Waals surface area contributed by atoms with Gasteiger partial charge >= 0.3 is 5.97 Å². The van der Waals surface area contributed by atoms with Crippen LogP contribution in [-0.4, -0.2) is 20.9 Å². The molecule has 2 aromatic carbocycles. The molecule has 0 saturated heterocycles. The van der Waals surface area contributed by atoms with Crippen molar-refractivity contribution in [2.45, 2.75) is 19.4 Å². The van der Waals surface area contributed by atoms with E-state index in [1.165, 1.54) is 6.92 Å². The number of hydrogen-bond acceptors (Lipinski definition) is 3. The number of benzene rings is 2. The topological polar surface area (TPSA) is 81.1 Å². The second-order valence-electron chi connectivity index (χ2n) is 6.02. The molecule has 0 aliphatic carbocycles. The Morgan fingerprint density at radius 2 is 1.88 bits per heavy atom. The van der Waals surface area contributed by atoms with Crippen LogP contribution in [0.25, 0.3) is 16.9 Å². The standard InChI is InChI=1S/C19H19N3O2/c1-13-12-14(8-9-16(13)19(2,20)18(23)24)17-10-11-22(21-17)15-6-4-3-5-7-15/h3-12H,20H2,1-2H3,(H,23,24). The van der Waals surface area contributed by atoms with Crippen LogP contribution in [0.2, 0.25) is 0 Å². The van der Waals surface area contributed by atoms with Crippen molar-refractivity contribution in [2.24, 2.45) is 5.73 Å². The average molecular weight is 321 g/mol. The van der Waals surface area contributed by atoms with Crippen molar-refractivity contribution in [3.8, 4) is 16.9 Å². The van der Waals surface area contributed by atoms with Crippen molar-refractivity contribution in [1.82, 2.24) is 9.78 Å². The first kappa shape index (κ1) is 16.0. The predicted molar refractivity (Wildman–Crippen MR) is 92.9 cm³/mol. The van der Waals surface area contributed by atoms with E-state index in [9.17, 15) is 9.90 Å². The highest BCUT2D eigenvalue weighted by Gasteiger charge is 2.31. The van der Waals surface area contributed by atoms with Crippen LogP contribution < -0.4 is 5.73 Å². The van der Waals surface area contributed by atoms with Crippen LogP contribution in [0.15, 0.2) is 60.8 Å². The fourth-order valence-corrected chi connectivity index (χ4v) is 2.72. The molecule has 1 heterocycles. The van der Waals surface area contributed by atoms with E-state index in [0.717, 1.165) is 22.5 Å². The van der Waals surface area contributed by atoms with Crippen molar-refractivity contribution < 1.29 is 9.90 Å². The minimum absolute atomic E-state index is 0.598. The van der Waals surface area contributed by atoms with E-state index in [2.05, 4.69) is 5.10 Å². The summed E-state index contributed by atoms with van der Waals surface area (Å²) in [6.45, 7) is 3.36. The van der Waals surface area contributed by atoms with E-state index in [4.69, 9.17) is 5.73 Å². The van der Waals surface area contributed by atoms with E-state index < -0.39 is 11.5 Å². The van der Waals surface area contributed by atoms with Crippen LogP contribution in [0.1, 0.15) is 18.1 Å². The van der Waals surface area contributed by atoms with Gasteiger partial charge in [0.1, 0.15) is 5.54 Å². The summed E-state index contributed by atoms with van der Waals surface area (Å²) >= 11 is 0. The van der Waals surface area contributed by atoms with Crippen molar-refractivity contribution in [3.05, 3.63) is 71.9 Å². The van der Waals surface area contributed by atoms with Gasteiger partial charge in [0.05, 0.1) is 11.4 Å². The van der Waals surface area contributed by atoms with Gasteiger partial charge in [-0.15, -0.1) is 0 Å². The maximum absolute atomic E-state index is 11.3. The third-order valence-corrected chi connectivity index (χ3v) is 4.14. The highest BCUT2D eigenvalue weighted by atomic mass is 16.4. The van der Waals surface area contributed by atoms with Gasteiger partial charge in [-0.2, -0.15) is 5.10 Å². The van der Waals surface area contributed by atoms with Gasteiger partial charge in [0.25, 0.3) is 0 Å². The average Bonchev–Trinajstić information content (AvgIpc) is 3.05. The number of carbonyl (C=O) groups is 1. The third-order valence-electron chi connectivity index (χ3n) is 4.14. The Morgan fingerprint density at radius 3 is 2.50 bits per heavy atom. The molecule has 1 atom stereocenters. The fraction of sp³-hybridized carbons (Fsp3) is 0.158. The van der Waals surface area contributed by atoms with Gasteiger partial charge in [0.2, 0.25) is 0 Å². The number of para-hydroxylation sites is 1. The molecule has 0 aliphatic heterocycles. The molecule has 5 nitrogen and oxygen atoms in total. The quantitative estimate of drug-likeness (QED) is 0.773. The first-order valence-corrected chi connectivity index (χ1v) is 7.64. The van der Waals surface area contributed by atoms with Gasteiger partial charge < -0.3 is 10.8 Å². The number of aliphatic carboxylic acids is 1. The van der Waals surface area contributed by atoms with E-state index in [1.54, 1.807) is 6.07 Å². The maximum Gasteiger partial charge on any atom is 0.328 e. The minimum atomic E-state index is -1.41. The van der Waals surface area contributed by atoms with Crippen LogP contribution in [-0.2, 0) is 10.3 Å². The monoisotopic (exact) mass is 321 g/mol. The van der Waals surface area contributed by atoms with Gasteiger partial charge in [0.15, 0.2) is 0 Å². The molecular formula is C19H19N3O2. The maximum atomic E-state index is 11.3. The molecule has 3 aromatic rings. The summed E-state index contributed by atoms with van der Waals surface area (Å²) in [7, 11) is 0. The number of aryl methyl sites for hydroxylation is 1. The molecule has 122 valence electrons. The Hall–Kier alpha value is -2.92. The summed E-state index contributed by atoms with van der Waals surface area (Å²) in [6, 6.07) is 17.3. The zero-order chi connectivity index (χ0) is 17.3. The lowest BCUT2D eigenvalue weighted by Gasteiger charge is -2.22. The highest BCUT2D eigenvalue weighted by Crippen LogP contribution is 2.27. The molecule has 0 spiro atoms. The molecule has 0 fully saturated rings. The number of carboxylic acids is 1. The van der Waals surface area contributed by atoms with Crippen molar-refractivity contribution in [3.63, 3.8) is 0 Å². The number of nitrogens with zero attached hydrogens (tertiary/aromatic N) is 2. The number of aromatic nitrogens is 2. The Kier molecular flexibility index (Phi) is 3.95. The molecule has 3 N–H and O–H groups in total. The Bertz CT molecular complexity index is 883. The predicted octanol–water partition coefficient (Wildman–Crippen LogP) is 3.11. The molecular weight excluding hydrogens is 302 g/mol. The zero-order valence-electron chi connectivity index (χ0n) is 13.6. The largest absolute Gasteiger partial charge is 0.480 e. The van der Waals surface area contributed by atoms with E-state index in [-0.39, 0.29) is 0 Å². The van der Waals surface area contributed by atoms with E-state index >= 15 is 0 Å².